The lowest BCUT2D eigenvalue weighted by Gasteiger charge is -2.35. The number of anilines is 1. The molecule has 4 aromatic rings. The molecule has 2 aromatic carbocycles. The van der Waals surface area contributed by atoms with Crippen molar-refractivity contribution >= 4 is 11.6 Å². The molecule has 1 aliphatic heterocycles. The minimum absolute atomic E-state index is 0.284. The number of aromatic amines is 1. The van der Waals surface area contributed by atoms with Crippen LogP contribution in [0, 0.1) is 11.3 Å². The molecule has 1 atom stereocenters. The number of piperazine rings is 1. The number of amides is 1. The Morgan fingerprint density at radius 1 is 1.00 bits per heavy atom. The molecule has 0 saturated carbocycles. The van der Waals surface area contributed by atoms with Gasteiger partial charge in [-0.1, -0.05) is 18.2 Å². The average Bonchev–Trinajstić information content (AvgIpc) is 3.44. The molecule has 1 amide bonds. The van der Waals surface area contributed by atoms with Crippen molar-refractivity contribution in [1.82, 2.24) is 25.4 Å². The number of hydrogen-bond donors (Lipinski definition) is 2. The van der Waals surface area contributed by atoms with Gasteiger partial charge in [0.25, 0.3) is 5.91 Å². The first-order chi connectivity index (χ1) is 18.0. The number of nitrogens with one attached hydrogen (secondary N) is 2. The summed E-state index contributed by atoms with van der Waals surface area (Å²) in [6.07, 6.45) is 3.65. The highest BCUT2D eigenvalue weighted by Crippen LogP contribution is 2.35. The number of pyridine rings is 1. The standard InChI is InChI=1S/C29H29N7O/c1-20(19-30)32-29(37)24-5-3-4-22(16-24)26-18-27(34-33-26)23-6-7-28(36-14-12-35(2)13-15-36)25(17-23)21-8-10-31-11-9-21/h3-11,16-18,20H,12-15H2,1-2H3,(H,32,37)(H,33,34)/t20-/m1/s1. The van der Waals surface area contributed by atoms with Gasteiger partial charge in [-0.2, -0.15) is 10.4 Å². The molecule has 1 fully saturated rings. The van der Waals surface area contributed by atoms with Crippen molar-refractivity contribution in [1.29, 1.82) is 5.26 Å². The number of carbonyl (C=O) groups is 1. The maximum Gasteiger partial charge on any atom is 0.252 e. The van der Waals surface area contributed by atoms with E-state index in [4.69, 9.17) is 5.26 Å². The van der Waals surface area contributed by atoms with E-state index in [1.165, 1.54) is 5.69 Å². The highest BCUT2D eigenvalue weighted by atomic mass is 16.1. The van der Waals surface area contributed by atoms with Crippen LogP contribution in [0.3, 0.4) is 0 Å². The second kappa shape index (κ2) is 10.6. The molecule has 2 N–H and O–H groups in total. The van der Waals surface area contributed by atoms with Gasteiger partial charge in [0.1, 0.15) is 6.04 Å². The van der Waals surface area contributed by atoms with Gasteiger partial charge in [-0.25, -0.2) is 0 Å². The van der Waals surface area contributed by atoms with Gasteiger partial charge in [0.2, 0.25) is 0 Å². The molecule has 2 aromatic heterocycles. The summed E-state index contributed by atoms with van der Waals surface area (Å²) in [5.74, 6) is -0.284. The molecular weight excluding hydrogens is 462 g/mol. The van der Waals surface area contributed by atoms with Crippen LogP contribution >= 0.6 is 0 Å². The molecule has 1 saturated heterocycles. The van der Waals surface area contributed by atoms with E-state index in [9.17, 15) is 4.79 Å². The lowest BCUT2D eigenvalue weighted by Crippen LogP contribution is -2.44. The zero-order chi connectivity index (χ0) is 25.8. The summed E-state index contributed by atoms with van der Waals surface area (Å²) in [7, 11) is 2.16. The van der Waals surface area contributed by atoms with Crippen LogP contribution in [0.25, 0.3) is 33.6 Å². The Hall–Kier alpha value is -4.48. The summed E-state index contributed by atoms with van der Waals surface area (Å²) in [4.78, 5) is 21.5. The molecule has 0 spiro atoms. The minimum Gasteiger partial charge on any atom is -0.368 e. The zero-order valence-corrected chi connectivity index (χ0v) is 21.0. The number of hydrogen-bond acceptors (Lipinski definition) is 6. The fraction of sp³-hybridized carbons (Fsp3) is 0.241. The van der Waals surface area contributed by atoms with Gasteiger partial charge in [-0.15, -0.1) is 0 Å². The normalized spacial score (nSPS) is 14.7. The van der Waals surface area contributed by atoms with Crippen molar-refractivity contribution in [2.24, 2.45) is 0 Å². The molecule has 3 heterocycles. The van der Waals surface area contributed by atoms with Gasteiger partial charge < -0.3 is 15.1 Å². The van der Waals surface area contributed by atoms with Gasteiger partial charge in [0.05, 0.1) is 17.5 Å². The second-order valence-corrected chi connectivity index (χ2v) is 9.33. The van der Waals surface area contributed by atoms with E-state index in [1.807, 2.05) is 48.8 Å². The molecule has 0 radical (unpaired) electrons. The number of nitriles is 1. The summed E-state index contributed by atoms with van der Waals surface area (Å²) in [5.41, 5.74) is 7.47. The Kier molecular flexibility index (Phi) is 6.97. The number of H-pyrrole nitrogens is 1. The summed E-state index contributed by atoms with van der Waals surface area (Å²) in [6, 6.07) is 21.3. The number of likely N-dealkylation sites (N-methyl/N-ethyl adjacent to an activating group) is 1. The average molecular weight is 492 g/mol. The molecule has 186 valence electrons. The smallest absolute Gasteiger partial charge is 0.252 e. The van der Waals surface area contributed by atoms with E-state index in [-0.39, 0.29) is 5.91 Å². The van der Waals surface area contributed by atoms with Crippen LogP contribution in [0.2, 0.25) is 0 Å². The van der Waals surface area contributed by atoms with Crippen molar-refractivity contribution in [2.75, 3.05) is 38.1 Å². The largest absolute Gasteiger partial charge is 0.368 e. The van der Waals surface area contributed by atoms with Gasteiger partial charge in [0.15, 0.2) is 0 Å². The van der Waals surface area contributed by atoms with Crippen LogP contribution in [0.15, 0.2) is 73.1 Å². The van der Waals surface area contributed by atoms with E-state index < -0.39 is 6.04 Å². The lowest BCUT2D eigenvalue weighted by atomic mass is 9.98. The third-order valence-corrected chi connectivity index (χ3v) is 6.68. The molecule has 37 heavy (non-hydrogen) atoms. The fourth-order valence-corrected chi connectivity index (χ4v) is 4.54. The predicted octanol–water partition coefficient (Wildman–Crippen LogP) is 4.20. The van der Waals surface area contributed by atoms with E-state index in [0.29, 0.717) is 5.56 Å². The highest BCUT2D eigenvalue weighted by molar-refractivity contribution is 5.95. The summed E-state index contributed by atoms with van der Waals surface area (Å²) in [6.45, 7) is 5.69. The number of nitrogens with zero attached hydrogens (tertiary/aromatic N) is 5. The van der Waals surface area contributed by atoms with Crippen molar-refractivity contribution in [3.8, 4) is 39.7 Å². The number of rotatable bonds is 6. The monoisotopic (exact) mass is 491 g/mol. The maximum absolute atomic E-state index is 12.5. The first-order valence-corrected chi connectivity index (χ1v) is 12.4. The molecule has 8 nitrogen and oxygen atoms in total. The topological polar surface area (TPSA) is 101 Å². The van der Waals surface area contributed by atoms with Gasteiger partial charge in [-0.3, -0.25) is 14.9 Å². The van der Waals surface area contributed by atoms with Gasteiger partial charge in [0, 0.05) is 66.5 Å². The highest BCUT2D eigenvalue weighted by Gasteiger charge is 2.19. The van der Waals surface area contributed by atoms with E-state index in [0.717, 1.165) is 59.8 Å². The quantitative estimate of drug-likeness (QED) is 0.419. The second-order valence-electron chi connectivity index (χ2n) is 9.33. The number of carbonyl (C=O) groups excluding carboxylic acids is 1. The van der Waals surface area contributed by atoms with Crippen LogP contribution in [0.5, 0.6) is 0 Å². The first kappa shape index (κ1) is 24.2. The molecule has 8 heteroatoms. The molecule has 1 aliphatic rings. The Bertz CT molecular complexity index is 1430. The van der Waals surface area contributed by atoms with Gasteiger partial charge in [-0.05, 0) is 62.0 Å². The maximum atomic E-state index is 12.5. The van der Waals surface area contributed by atoms with Crippen molar-refractivity contribution in [3.63, 3.8) is 0 Å². The minimum atomic E-state index is -0.559. The fourth-order valence-electron chi connectivity index (χ4n) is 4.54. The van der Waals surface area contributed by atoms with Crippen LogP contribution in [0.1, 0.15) is 17.3 Å². The molecule has 0 aliphatic carbocycles. The SMILES string of the molecule is C[C@H](C#N)NC(=O)c1cccc(-c2cc(-c3ccc(N4CCN(C)CC4)c(-c4ccncc4)c3)[nH]n2)c1. The van der Waals surface area contributed by atoms with E-state index in [2.05, 4.69) is 55.5 Å². The van der Waals surface area contributed by atoms with Crippen LogP contribution < -0.4 is 10.2 Å². The number of aromatic nitrogens is 3. The Balaban J connectivity index is 1.46. The zero-order valence-electron chi connectivity index (χ0n) is 21.0. The Morgan fingerprint density at radius 2 is 1.78 bits per heavy atom. The predicted molar refractivity (Wildman–Crippen MR) is 145 cm³/mol. The van der Waals surface area contributed by atoms with Crippen molar-refractivity contribution < 1.29 is 4.79 Å². The van der Waals surface area contributed by atoms with E-state index >= 15 is 0 Å². The third kappa shape index (κ3) is 5.37. The lowest BCUT2D eigenvalue weighted by molar-refractivity contribution is 0.0948. The van der Waals surface area contributed by atoms with Crippen molar-refractivity contribution in [3.05, 3.63) is 78.6 Å². The van der Waals surface area contributed by atoms with Crippen LogP contribution in [-0.4, -0.2) is 65.3 Å². The Labute approximate surface area is 216 Å². The van der Waals surface area contributed by atoms with E-state index in [1.54, 1.807) is 19.1 Å². The van der Waals surface area contributed by atoms with Gasteiger partial charge >= 0.3 is 0 Å². The summed E-state index contributed by atoms with van der Waals surface area (Å²) < 4.78 is 0. The molecular formula is C29H29N7O. The van der Waals surface area contributed by atoms with Crippen LogP contribution in [-0.2, 0) is 0 Å². The summed E-state index contributed by atoms with van der Waals surface area (Å²) in [5, 5.41) is 19.4. The molecule has 5 rings (SSSR count). The molecule has 0 unspecified atom stereocenters. The van der Waals surface area contributed by atoms with Crippen molar-refractivity contribution in [2.45, 2.75) is 13.0 Å². The Morgan fingerprint density at radius 3 is 2.54 bits per heavy atom. The first-order valence-electron chi connectivity index (χ1n) is 12.4. The summed E-state index contributed by atoms with van der Waals surface area (Å²) >= 11 is 0. The molecule has 0 bridgehead atoms. The van der Waals surface area contributed by atoms with Crippen LogP contribution in [0.4, 0.5) is 5.69 Å². The third-order valence-electron chi connectivity index (χ3n) is 6.68. The number of benzene rings is 2.